The Bertz CT molecular complexity index is 1540. The largest absolute Gasteiger partial charge is 0.394 e. The molecule has 0 aromatic heterocycles. The number of carbonyl (C=O) groups is 3. The normalized spacial score (nSPS) is 27.3. The number of hydrogen-bond acceptors (Lipinski definition) is 6. The molecule has 0 aliphatic carbocycles. The van der Waals surface area contributed by atoms with Gasteiger partial charge in [-0.15, -0.1) is 13.2 Å². The van der Waals surface area contributed by atoms with Gasteiger partial charge in [-0.05, 0) is 75.3 Å². The third-order valence-electron chi connectivity index (χ3n) is 11.3. The van der Waals surface area contributed by atoms with E-state index in [1.165, 1.54) is 0 Å². The zero-order valence-corrected chi connectivity index (χ0v) is 30.8. The molecule has 2 aromatic rings. The first-order chi connectivity index (χ1) is 23.9. The first-order valence-electron chi connectivity index (χ1n) is 18.3. The second-order valence-corrected chi connectivity index (χ2v) is 14.8. The molecule has 7 atom stereocenters. The summed E-state index contributed by atoms with van der Waals surface area (Å²) >= 11 is 0. The van der Waals surface area contributed by atoms with Gasteiger partial charge in [-0.2, -0.15) is 0 Å². The van der Waals surface area contributed by atoms with Crippen LogP contribution >= 0.6 is 0 Å². The highest BCUT2D eigenvalue weighted by Crippen LogP contribution is 2.66. The molecule has 1 spiro atoms. The van der Waals surface area contributed by atoms with E-state index in [9.17, 15) is 9.90 Å². The SMILES string of the molecule is C=CCN(Cc1ccccc1)C(=O)[C@H]1[C@H]2C(=O)N([C@@H](CO)CC(C)C)C(C(=O)N(CC=C)c3ccc(N(CC)CC)cc3)C23CC(C)[C@]1(C)O3. The van der Waals surface area contributed by atoms with Crippen LogP contribution in [0.15, 0.2) is 79.9 Å². The summed E-state index contributed by atoms with van der Waals surface area (Å²) in [5, 5.41) is 10.8. The van der Waals surface area contributed by atoms with Gasteiger partial charge in [-0.1, -0.05) is 63.3 Å². The van der Waals surface area contributed by atoms with Crippen LogP contribution < -0.4 is 9.80 Å². The second-order valence-electron chi connectivity index (χ2n) is 14.8. The van der Waals surface area contributed by atoms with E-state index >= 15 is 9.59 Å². The molecule has 0 radical (unpaired) electrons. The number of rotatable bonds is 16. The minimum absolute atomic E-state index is 0.114. The van der Waals surface area contributed by atoms with Gasteiger partial charge < -0.3 is 29.4 Å². The maximum atomic E-state index is 15.2. The molecule has 0 saturated carbocycles. The molecule has 3 fully saturated rings. The quantitative estimate of drug-likeness (QED) is 0.229. The number of nitrogens with zero attached hydrogens (tertiary/aromatic N) is 4. The summed E-state index contributed by atoms with van der Waals surface area (Å²) in [5.41, 5.74) is 0.483. The van der Waals surface area contributed by atoms with Crippen molar-refractivity contribution in [2.75, 3.05) is 42.6 Å². The van der Waals surface area contributed by atoms with Crippen LogP contribution in [0.1, 0.15) is 59.9 Å². The molecule has 270 valence electrons. The standard InChI is InChI=1S/C41H56N4O5/c1-9-22-43(26-30-16-14-13-15-17-30)37(47)34-35-38(48)45(33(27-46)24-28(5)6)36(41(35)25-29(7)40(34,8)50-41)39(49)44(23-10-2)32-20-18-31(19-21-32)42(11-3)12-4/h9-10,13-21,28-29,33-36,46H,1-2,11-12,22-27H2,3-8H3/t29?,33-,34-,35+,36?,40+,41?/m1/s1. The molecule has 9 nitrogen and oxygen atoms in total. The number of aliphatic hydroxyl groups is 1. The minimum atomic E-state index is -1.25. The van der Waals surface area contributed by atoms with Gasteiger partial charge in [0.2, 0.25) is 11.8 Å². The van der Waals surface area contributed by atoms with Crippen molar-refractivity contribution in [3.05, 3.63) is 85.5 Å². The second kappa shape index (κ2) is 15.1. The van der Waals surface area contributed by atoms with E-state index in [0.717, 1.165) is 24.3 Å². The maximum absolute atomic E-state index is 15.2. The molecule has 1 N–H and O–H groups in total. The lowest BCUT2D eigenvalue weighted by molar-refractivity contribution is -0.154. The van der Waals surface area contributed by atoms with Crippen molar-refractivity contribution in [2.24, 2.45) is 23.7 Å². The summed E-state index contributed by atoms with van der Waals surface area (Å²) < 4.78 is 7.08. The molecule has 9 heteroatoms. The summed E-state index contributed by atoms with van der Waals surface area (Å²) in [6, 6.07) is 16.0. The Morgan fingerprint density at radius 1 is 1.00 bits per heavy atom. The predicted molar refractivity (Wildman–Crippen MR) is 199 cm³/mol. The van der Waals surface area contributed by atoms with Crippen LogP contribution in [-0.4, -0.2) is 88.7 Å². The van der Waals surface area contributed by atoms with Crippen LogP contribution in [0.4, 0.5) is 11.4 Å². The number of benzene rings is 2. The third kappa shape index (κ3) is 6.39. The molecule has 2 aromatic carbocycles. The van der Waals surface area contributed by atoms with Gasteiger partial charge in [0.25, 0.3) is 5.91 Å². The van der Waals surface area contributed by atoms with E-state index in [1.807, 2.05) is 75.4 Å². The highest BCUT2D eigenvalue weighted by Gasteiger charge is 2.80. The van der Waals surface area contributed by atoms with Crippen molar-refractivity contribution in [1.82, 2.24) is 9.80 Å². The van der Waals surface area contributed by atoms with Gasteiger partial charge >= 0.3 is 0 Å². The Labute approximate surface area is 298 Å². The number of likely N-dealkylation sites (tertiary alicyclic amines) is 1. The molecule has 3 aliphatic rings. The first kappa shape index (κ1) is 37.3. The van der Waals surface area contributed by atoms with Gasteiger partial charge in [-0.25, -0.2) is 0 Å². The molecular formula is C41H56N4O5. The van der Waals surface area contributed by atoms with Crippen molar-refractivity contribution in [3.63, 3.8) is 0 Å². The Balaban J connectivity index is 1.61. The smallest absolute Gasteiger partial charge is 0.253 e. The van der Waals surface area contributed by atoms with Crippen LogP contribution in [0, 0.1) is 23.7 Å². The summed E-state index contributed by atoms with van der Waals surface area (Å²) in [5.74, 6) is -2.45. The number of anilines is 2. The highest BCUT2D eigenvalue weighted by atomic mass is 16.5. The Kier molecular flexibility index (Phi) is 11.3. The molecular weight excluding hydrogens is 628 g/mol. The van der Waals surface area contributed by atoms with Gasteiger partial charge in [0.1, 0.15) is 11.6 Å². The lowest BCUT2D eigenvalue weighted by Gasteiger charge is -2.40. The predicted octanol–water partition coefficient (Wildman–Crippen LogP) is 5.68. The van der Waals surface area contributed by atoms with Gasteiger partial charge in [-0.3, -0.25) is 14.4 Å². The van der Waals surface area contributed by atoms with Crippen LogP contribution in [0.2, 0.25) is 0 Å². The Morgan fingerprint density at radius 2 is 1.62 bits per heavy atom. The lowest BCUT2D eigenvalue weighted by Crippen LogP contribution is -2.59. The molecule has 3 heterocycles. The molecule has 2 bridgehead atoms. The van der Waals surface area contributed by atoms with Crippen molar-refractivity contribution in [1.29, 1.82) is 0 Å². The number of hydrogen-bond donors (Lipinski definition) is 1. The van der Waals surface area contributed by atoms with Crippen LogP contribution in [0.5, 0.6) is 0 Å². The summed E-state index contributed by atoms with van der Waals surface area (Å²) in [6.45, 7) is 22.4. The summed E-state index contributed by atoms with van der Waals surface area (Å²) in [4.78, 5) is 52.3. The summed E-state index contributed by atoms with van der Waals surface area (Å²) in [7, 11) is 0. The number of aliphatic hydroxyl groups excluding tert-OH is 1. The van der Waals surface area contributed by atoms with Gasteiger partial charge in [0, 0.05) is 44.1 Å². The number of carbonyl (C=O) groups excluding carboxylic acids is 3. The highest BCUT2D eigenvalue weighted by molar-refractivity contribution is 6.05. The molecule has 3 unspecified atom stereocenters. The van der Waals surface area contributed by atoms with Gasteiger partial charge in [0.15, 0.2) is 0 Å². The maximum Gasteiger partial charge on any atom is 0.253 e. The van der Waals surface area contributed by atoms with E-state index in [4.69, 9.17) is 4.74 Å². The van der Waals surface area contributed by atoms with E-state index in [0.29, 0.717) is 31.6 Å². The van der Waals surface area contributed by atoms with Gasteiger partial charge in [0.05, 0.1) is 30.1 Å². The zero-order chi connectivity index (χ0) is 36.4. The van der Waals surface area contributed by atoms with Crippen molar-refractivity contribution >= 4 is 29.1 Å². The third-order valence-corrected chi connectivity index (χ3v) is 11.3. The fraction of sp³-hybridized carbons (Fsp3) is 0.537. The molecule has 3 amide bonds. The lowest BCUT2D eigenvalue weighted by atomic mass is 9.62. The van der Waals surface area contributed by atoms with E-state index < -0.39 is 35.1 Å². The Morgan fingerprint density at radius 3 is 2.18 bits per heavy atom. The fourth-order valence-electron chi connectivity index (χ4n) is 8.97. The summed E-state index contributed by atoms with van der Waals surface area (Å²) in [6.07, 6.45) is 4.33. The topological polar surface area (TPSA) is 93.6 Å². The number of amides is 3. The monoisotopic (exact) mass is 684 g/mol. The van der Waals surface area contributed by atoms with E-state index in [1.54, 1.807) is 26.9 Å². The zero-order valence-electron chi connectivity index (χ0n) is 30.8. The van der Waals surface area contributed by atoms with Crippen LogP contribution in [0.25, 0.3) is 0 Å². The average Bonchev–Trinajstić information content (AvgIpc) is 3.62. The molecule has 3 saturated heterocycles. The Hall–Kier alpha value is -3.95. The number of fused-ring (bicyclic) bond motifs is 1. The average molecular weight is 685 g/mol. The van der Waals surface area contributed by atoms with Crippen molar-refractivity contribution < 1.29 is 24.2 Å². The van der Waals surface area contributed by atoms with Crippen molar-refractivity contribution in [3.8, 4) is 0 Å². The minimum Gasteiger partial charge on any atom is -0.394 e. The first-order valence-corrected chi connectivity index (χ1v) is 18.3. The molecule has 3 aliphatic heterocycles. The fourth-order valence-corrected chi connectivity index (χ4v) is 8.97. The van der Waals surface area contributed by atoms with Crippen molar-refractivity contribution in [2.45, 2.75) is 84.2 Å². The van der Waals surface area contributed by atoms with Crippen LogP contribution in [-0.2, 0) is 25.7 Å². The number of ether oxygens (including phenoxy) is 1. The molecule has 5 rings (SSSR count). The van der Waals surface area contributed by atoms with E-state index in [-0.39, 0.29) is 42.7 Å². The van der Waals surface area contributed by atoms with Crippen LogP contribution in [0.3, 0.4) is 0 Å². The van der Waals surface area contributed by atoms with E-state index in [2.05, 4.69) is 38.8 Å². The molecule has 50 heavy (non-hydrogen) atoms.